The van der Waals surface area contributed by atoms with Crippen LogP contribution in [-0.4, -0.2) is 10.7 Å². The molecule has 0 N–H and O–H groups in total. The first-order chi connectivity index (χ1) is 9.63. The fourth-order valence-corrected chi connectivity index (χ4v) is 1.84. The Balaban J connectivity index is 2.30. The molecule has 20 heavy (non-hydrogen) atoms. The van der Waals surface area contributed by atoms with Crippen molar-refractivity contribution in [3.05, 3.63) is 75.8 Å². The summed E-state index contributed by atoms with van der Waals surface area (Å²) in [6, 6.07) is 15.9. The third-order valence-corrected chi connectivity index (χ3v) is 2.89. The topological polar surface area (TPSA) is 84.0 Å². The van der Waals surface area contributed by atoms with Crippen LogP contribution in [0.25, 0.3) is 0 Å². The highest BCUT2D eigenvalue weighted by molar-refractivity contribution is 6.02. The van der Waals surface area contributed by atoms with Crippen LogP contribution in [0.5, 0.6) is 0 Å². The van der Waals surface area contributed by atoms with Crippen LogP contribution in [0.3, 0.4) is 0 Å². The SMILES string of the molecule is N#CC(C(=O)c1ccc([N+](=O)[O-])cc1)c1ccccc1. The second kappa shape index (κ2) is 5.76. The lowest BCUT2D eigenvalue weighted by atomic mass is 9.92. The van der Waals surface area contributed by atoms with Gasteiger partial charge in [-0.1, -0.05) is 30.3 Å². The van der Waals surface area contributed by atoms with Gasteiger partial charge in [0.25, 0.3) is 5.69 Å². The van der Waals surface area contributed by atoms with E-state index in [-0.39, 0.29) is 17.0 Å². The van der Waals surface area contributed by atoms with Crippen molar-refractivity contribution in [1.82, 2.24) is 0 Å². The third-order valence-electron chi connectivity index (χ3n) is 2.89. The minimum Gasteiger partial charge on any atom is -0.292 e. The van der Waals surface area contributed by atoms with Crippen molar-refractivity contribution < 1.29 is 9.72 Å². The molecule has 2 aromatic carbocycles. The van der Waals surface area contributed by atoms with Crippen LogP contribution in [0.4, 0.5) is 5.69 Å². The summed E-state index contributed by atoms with van der Waals surface area (Å²) in [6.07, 6.45) is 0. The number of hydrogen-bond donors (Lipinski definition) is 0. The number of rotatable bonds is 4. The normalized spacial score (nSPS) is 11.3. The molecule has 0 heterocycles. The number of Topliss-reactive ketones (excluding diaryl/α,β-unsaturated/α-hetero) is 1. The largest absolute Gasteiger partial charge is 0.292 e. The molecule has 0 aromatic heterocycles. The molecule has 0 radical (unpaired) electrons. The van der Waals surface area contributed by atoms with Gasteiger partial charge in [0.15, 0.2) is 5.78 Å². The van der Waals surface area contributed by atoms with E-state index >= 15 is 0 Å². The average molecular weight is 266 g/mol. The predicted molar refractivity (Wildman–Crippen MR) is 72.2 cm³/mol. The molecular weight excluding hydrogens is 256 g/mol. The maximum atomic E-state index is 12.3. The van der Waals surface area contributed by atoms with Crippen molar-refractivity contribution in [2.75, 3.05) is 0 Å². The number of nitro benzene ring substituents is 1. The second-order valence-electron chi connectivity index (χ2n) is 4.14. The van der Waals surface area contributed by atoms with Crippen LogP contribution in [0, 0.1) is 21.4 Å². The first-order valence-corrected chi connectivity index (χ1v) is 5.86. The molecule has 2 rings (SSSR count). The van der Waals surface area contributed by atoms with Gasteiger partial charge in [0.2, 0.25) is 0 Å². The van der Waals surface area contributed by atoms with Gasteiger partial charge >= 0.3 is 0 Å². The Bertz CT molecular complexity index is 673. The van der Waals surface area contributed by atoms with Crippen molar-refractivity contribution in [1.29, 1.82) is 5.26 Å². The van der Waals surface area contributed by atoms with Crippen molar-refractivity contribution >= 4 is 11.5 Å². The quantitative estimate of drug-likeness (QED) is 0.483. The van der Waals surface area contributed by atoms with Crippen LogP contribution in [-0.2, 0) is 0 Å². The number of hydrogen-bond acceptors (Lipinski definition) is 4. The van der Waals surface area contributed by atoms with E-state index in [2.05, 4.69) is 0 Å². The Morgan fingerprint density at radius 2 is 1.70 bits per heavy atom. The van der Waals surface area contributed by atoms with Gasteiger partial charge in [0.05, 0.1) is 11.0 Å². The molecule has 5 nitrogen and oxygen atoms in total. The first kappa shape index (κ1) is 13.4. The summed E-state index contributed by atoms with van der Waals surface area (Å²) in [5.74, 6) is -1.27. The lowest BCUT2D eigenvalue weighted by Crippen LogP contribution is -2.11. The number of carbonyl (C=O) groups is 1. The summed E-state index contributed by atoms with van der Waals surface area (Å²) in [5.41, 5.74) is 0.805. The van der Waals surface area contributed by atoms with Crippen molar-refractivity contribution in [3.63, 3.8) is 0 Å². The van der Waals surface area contributed by atoms with E-state index in [4.69, 9.17) is 0 Å². The van der Waals surface area contributed by atoms with Crippen molar-refractivity contribution in [2.24, 2.45) is 0 Å². The number of nitro groups is 1. The number of carbonyl (C=O) groups excluding carboxylic acids is 1. The Morgan fingerprint density at radius 3 is 2.20 bits per heavy atom. The molecule has 0 aliphatic heterocycles. The number of nitriles is 1. The number of ketones is 1. The van der Waals surface area contributed by atoms with E-state index in [0.29, 0.717) is 5.56 Å². The molecule has 0 fully saturated rings. The Hall–Kier alpha value is -3.00. The standard InChI is InChI=1S/C15H10N2O3/c16-10-14(11-4-2-1-3-5-11)15(18)12-6-8-13(9-7-12)17(19)20/h1-9,14H. The van der Waals surface area contributed by atoms with Crippen LogP contribution in [0.15, 0.2) is 54.6 Å². The molecule has 1 atom stereocenters. The zero-order valence-electron chi connectivity index (χ0n) is 10.4. The second-order valence-corrected chi connectivity index (χ2v) is 4.14. The van der Waals surface area contributed by atoms with Gasteiger partial charge in [-0.15, -0.1) is 0 Å². The van der Waals surface area contributed by atoms with Gasteiger partial charge in [-0.05, 0) is 17.7 Å². The number of benzene rings is 2. The highest BCUT2D eigenvalue weighted by Crippen LogP contribution is 2.21. The molecule has 0 bridgehead atoms. The van der Waals surface area contributed by atoms with Gasteiger partial charge in [-0.25, -0.2) is 0 Å². The molecule has 0 amide bonds. The molecule has 98 valence electrons. The van der Waals surface area contributed by atoms with Crippen LogP contribution in [0.2, 0.25) is 0 Å². The fraction of sp³-hybridized carbons (Fsp3) is 0.0667. The summed E-state index contributed by atoms with van der Waals surface area (Å²) in [5, 5.41) is 19.7. The van der Waals surface area contributed by atoms with Crippen molar-refractivity contribution in [2.45, 2.75) is 5.92 Å². The van der Waals surface area contributed by atoms with Crippen LogP contribution in [0.1, 0.15) is 21.8 Å². The van der Waals surface area contributed by atoms with Gasteiger partial charge in [-0.3, -0.25) is 14.9 Å². The summed E-state index contributed by atoms with van der Waals surface area (Å²) in [7, 11) is 0. The van der Waals surface area contributed by atoms with Crippen molar-refractivity contribution in [3.8, 4) is 6.07 Å². The summed E-state index contributed by atoms with van der Waals surface area (Å²) < 4.78 is 0. The Labute approximate surface area is 115 Å². The molecule has 0 aliphatic carbocycles. The lowest BCUT2D eigenvalue weighted by Gasteiger charge is -2.08. The number of non-ortho nitro benzene ring substituents is 1. The smallest absolute Gasteiger partial charge is 0.269 e. The summed E-state index contributed by atoms with van der Waals surface area (Å²) in [6.45, 7) is 0. The molecule has 0 saturated carbocycles. The third kappa shape index (κ3) is 2.70. The first-order valence-electron chi connectivity index (χ1n) is 5.86. The zero-order valence-corrected chi connectivity index (χ0v) is 10.4. The van der Waals surface area contributed by atoms with E-state index in [1.165, 1.54) is 24.3 Å². The lowest BCUT2D eigenvalue weighted by molar-refractivity contribution is -0.384. The molecule has 0 spiro atoms. The summed E-state index contributed by atoms with van der Waals surface area (Å²) >= 11 is 0. The van der Waals surface area contributed by atoms with Gasteiger partial charge in [-0.2, -0.15) is 5.26 Å². The average Bonchev–Trinajstić information content (AvgIpc) is 2.49. The summed E-state index contributed by atoms with van der Waals surface area (Å²) in [4.78, 5) is 22.3. The maximum Gasteiger partial charge on any atom is 0.269 e. The molecule has 0 saturated heterocycles. The van der Waals surface area contributed by atoms with E-state index in [1.54, 1.807) is 30.3 Å². The van der Waals surface area contributed by atoms with Gasteiger partial charge in [0, 0.05) is 17.7 Å². The Morgan fingerprint density at radius 1 is 1.10 bits per heavy atom. The van der Waals surface area contributed by atoms with E-state index in [9.17, 15) is 20.2 Å². The van der Waals surface area contributed by atoms with Crippen LogP contribution >= 0.6 is 0 Å². The molecular formula is C15H10N2O3. The predicted octanol–water partition coefficient (Wildman–Crippen LogP) is 3.08. The minimum absolute atomic E-state index is 0.0882. The van der Waals surface area contributed by atoms with Gasteiger partial charge < -0.3 is 0 Å². The molecule has 2 aromatic rings. The van der Waals surface area contributed by atoms with Crippen LogP contribution < -0.4 is 0 Å². The molecule has 5 heteroatoms. The number of nitrogens with zero attached hydrogens (tertiary/aromatic N) is 2. The van der Waals surface area contributed by atoms with E-state index in [1.807, 2.05) is 6.07 Å². The molecule has 0 aliphatic rings. The highest BCUT2D eigenvalue weighted by Gasteiger charge is 2.22. The highest BCUT2D eigenvalue weighted by atomic mass is 16.6. The van der Waals surface area contributed by atoms with E-state index < -0.39 is 10.8 Å². The Kier molecular flexibility index (Phi) is 3.87. The monoisotopic (exact) mass is 266 g/mol. The fourth-order valence-electron chi connectivity index (χ4n) is 1.84. The zero-order chi connectivity index (χ0) is 14.5. The minimum atomic E-state index is -0.905. The van der Waals surface area contributed by atoms with E-state index in [0.717, 1.165) is 0 Å². The molecule has 1 unspecified atom stereocenters. The van der Waals surface area contributed by atoms with Gasteiger partial charge in [0.1, 0.15) is 5.92 Å². The maximum absolute atomic E-state index is 12.3.